The molecule has 1 fully saturated rings. The van der Waals surface area contributed by atoms with Crippen LogP contribution in [0.2, 0.25) is 0 Å². The first-order chi connectivity index (χ1) is 15.1. The number of rotatable bonds is 7. The first-order valence-corrected chi connectivity index (χ1v) is 11.2. The quantitative estimate of drug-likeness (QED) is 0.589. The van der Waals surface area contributed by atoms with Crippen LogP contribution < -0.4 is 10.6 Å². The van der Waals surface area contributed by atoms with E-state index in [-0.39, 0.29) is 23.9 Å². The monoisotopic (exact) mass is 438 g/mol. The van der Waals surface area contributed by atoms with E-state index in [9.17, 15) is 9.59 Å². The fraction of sp³-hybridized carbons (Fsp3) is 0.364. The van der Waals surface area contributed by atoms with Crippen molar-refractivity contribution in [2.24, 2.45) is 7.05 Å². The van der Waals surface area contributed by atoms with E-state index in [1.807, 2.05) is 35.7 Å². The van der Waals surface area contributed by atoms with Gasteiger partial charge in [0.05, 0.1) is 18.3 Å². The summed E-state index contributed by atoms with van der Waals surface area (Å²) in [5.74, 6) is -0.125. The molecule has 0 spiro atoms. The van der Waals surface area contributed by atoms with Gasteiger partial charge in [0.1, 0.15) is 11.0 Å². The molecule has 1 aromatic carbocycles. The molecule has 1 atom stereocenters. The van der Waals surface area contributed by atoms with Gasteiger partial charge in [-0.25, -0.2) is 4.98 Å². The Morgan fingerprint density at radius 1 is 1.23 bits per heavy atom. The molecule has 9 heteroatoms. The number of carbonyl (C=O) groups is 2. The van der Waals surface area contributed by atoms with Crippen molar-refractivity contribution in [1.29, 1.82) is 0 Å². The third-order valence-electron chi connectivity index (χ3n) is 5.39. The lowest BCUT2D eigenvalue weighted by molar-refractivity contribution is -0.123. The van der Waals surface area contributed by atoms with E-state index < -0.39 is 0 Å². The zero-order chi connectivity index (χ0) is 21.6. The van der Waals surface area contributed by atoms with Crippen LogP contribution in [0.5, 0.6) is 0 Å². The molecular formula is C22H26N6O2S. The van der Waals surface area contributed by atoms with Crippen molar-refractivity contribution in [2.75, 3.05) is 19.6 Å². The first-order valence-electron chi connectivity index (χ1n) is 10.3. The summed E-state index contributed by atoms with van der Waals surface area (Å²) >= 11 is 1.53. The Bertz CT molecular complexity index is 996. The highest BCUT2D eigenvalue weighted by molar-refractivity contribution is 7.09. The molecule has 2 aromatic heterocycles. The molecule has 31 heavy (non-hydrogen) atoms. The Hall–Kier alpha value is -3.04. The molecular weight excluding hydrogens is 412 g/mol. The maximum atomic E-state index is 12.8. The summed E-state index contributed by atoms with van der Waals surface area (Å²) in [5.41, 5.74) is 1.58. The molecule has 8 nitrogen and oxygen atoms in total. The van der Waals surface area contributed by atoms with Crippen molar-refractivity contribution < 1.29 is 9.59 Å². The topological polar surface area (TPSA) is 92.2 Å². The number of hydrogen-bond acceptors (Lipinski definition) is 6. The van der Waals surface area contributed by atoms with Crippen molar-refractivity contribution >= 4 is 23.2 Å². The molecule has 0 saturated carbocycles. The predicted molar refractivity (Wildman–Crippen MR) is 119 cm³/mol. The molecule has 3 aromatic rings. The lowest BCUT2D eigenvalue weighted by Gasteiger charge is -2.32. The minimum absolute atomic E-state index is 0.0260. The van der Waals surface area contributed by atoms with Gasteiger partial charge < -0.3 is 10.6 Å². The number of nitrogens with one attached hydrogen (secondary N) is 2. The Labute approximate surface area is 185 Å². The van der Waals surface area contributed by atoms with E-state index in [0.717, 1.165) is 36.5 Å². The van der Waals surface area contributed by atoms with Crippen molar-refractivity contribution in [2.45, 2.75) is 24.9 Å². The van der Waals surface area contributed by atoms with Crippen LogP contribution in [0.25, 0.3) is 0 Å². The zero-order valence-corrected chi connectivity index (χ0v) is 18.2. The van der Waals surface area contributed by atoms with Gasteiger partial charge in [-0.2, -0.15) is 5.10 Å². The number of nitrogens with zero attached hydrogens (tertiary/aromatic N) is 4. The van der Waals surface area contributed by atoms with Gasteiger partial charge in [0.15, 0.2) is 0 Å². The standard InChI is InChI=1S/C22H26N6O2S/c1-27-14-17(13-24-27)21(30)25-18-7-10-28(11-8-18)15-19(29)26-20(22-23-9-12-31-22)16-5-3-2-4-6-16/h2-6,9,12-14,18,20H,7-8,10-11,15H2,1H3,(H,25,30)(H,26,29). The number of benzene rings is 1. The normalized spacial score (nSPS) is 16.0. The molecule has 1 saturated heterocycles. The minimum Gasteiger partial charge on any atom is -0.349 e. The van der Waals surface area contributed by atoms with Crippen LogP contribution in [-0.2, 0) is 11.8 Å². The van der Waals surface area contributed by atoms with Gasteiger partial charge in [0.2, 0.25) is 5.91 Å². The summed E-state index contributed by atoms with van der Waals surface area (Å²) in [5, 5.41) is 13.0. The molecule has 2 N–H and O–H groups in total. The van der Waals surface area contributed by atoms with E-state index in [4.69, 9.17) is 0 Å². The van der Waals surface area contributed by atoms with Crippen LogP contribution in [0.1, 0.15) is 39.8 Å². The van der Waals surface area contributed by atoms with Crippen LogP contribution in [0.15, 0.2) is 54.3 Å². The lowest BCUT2D eigenvalue weighted by Crippen LogP contribution is -2.47. The first kappa shape index (κ1) is 21.2. The molecule has 0 aliphatic carbocycles. The van der Waals surface area contributed by atoms with Gasteiger partial charge in [-0.05, 0) is 18.4 Å². The highest BCUT2D eigenvalue weighted by atomic mass is 32.1. The van der Waals surface area contributed by atoms with Crippen LogP contribution in [0.4, 0.5) is 0 Å². The molecule has 1 unspecified atom stereocenters. The second-order valence-electron chi connectivity index (χ2n) is 7.71. The highest BCUT2D eigenvalue weighted by Crippen LogP contribution is 2.23. The molecule has 162 valence electrons. The van der Waals surface area contributed by atoms with Crippen molar-refractivity contribution in [3.8, 4) is 0 Å². The van der Waals surface area contributed by atoms with Crippen molar-refractivity contribution in [3.05, 3.63) is 70.4 Å². The molecule has 0 bridgehead atoms. The SMILES string of the molecule is Cn1cc(C(=O)NC2CCN(CC(=O)NC(c3ccccc3)c3nccs3)CC2)cn1. The molecule has 1 aliphatic rings. The van der Waals surface area contributed by atoms with Gasteiger partial charge >= 0.3 is 0 Å². The number of amides is 2. The Morgan fingerprint density at radius 2 is 2.00 bits per heavy atom. The number of aromatic nitrogens is 3. The van der Waals surface area contributed by atoms with Crippen LogP contribution >= 0.6 is 11.3 Å². The van der Waals surface area contributed by atoms with E-state index in [2.05, 4.69) is 25.6 Å². The number of hydrogen-bond donors (Lipinski definition) is 2. The number of carbonyl (C=O) groups excluding carboxylic acids is 2. The van der Waals surface area contributed by atoms with E-state index in [1.54, 1.807) is 30.3 Å². The maximum absolute atomic E-state index is 12.8. The Kier molecular flexibility index (Phi) is 6.73. The zero-order valence-electron chi connectivity index (χ0n) is 17.4. The number of piperidine rings is 1. The van der Waals surface area contributed by atoms with Gasteiger partial charge in [-0.3, -0.25) is 19.2 Å². The van der Waals surface area contributed by atoms with Gasteiger partial charge in [0.25, 0.3) is 5.91 Å². The summed E-state index contributed by atoms with van der Waals surface area (Å²) in [6, 6.07) is 9.76. The van der Waals surface area contributed by atoms with E-state index in [1.165, 1.54) is 11.3 Å². The van der Waals surface area contributed by atoms with Gasteiger partial charge in [0, 0.05) is 44.0 Å². The second-order valence-corrected chi connectivity index (χ2v) is 8.63. The number of aryl methyl sites for hydroxylation is 1. The lowest BCUT2D eigenvalue weighted by atomic mass is 10.0. The number of likely N-dealkylation sites (tertiary alicyclic amines) is 1. The molecule has 0 radical (unpaired) electrons. The van der Waals surface area contributed by atoms with Gasteiger partial charge in [-0.15, -0.1) is 11.3 Å². The van der Waals surface area contributed by atoms with E-state index >= 15 is 0 Å². The highest BCUT2D eigenvalue weighted by Gasteiger charge is 2.25. The van der Waals surface area contributed by atoms with Crippen molar-refractivity contribution in [1.82, 2.24) is 30.3 Å². The van der Waals surface area contributed by atoms with Crippen molar-refractivity contribution in [3.63, 3.8) is 0 Å². The second kappa shape index (κ2) is 9.84. The molecule has 2 amide bonds. The maximum Gasteiger partial charge on any atom is 0.254 e. The summed E-state index contributed by atoms with van der Waals surface area (Å²) in [4.78, 5) is 31.6. The van der Waals surface area contributed by atoms with Gasteiger partial charge in [-0.1, -0.05) is 30.3 Å². The summed E-state index contributed by atoms with van der Waals surface area (Å²) in [6.45, 7) is 1.86. The minimum atomic E-state index is -0.245. The van der Waals surface area contributed by atoms with Crippen LogP contribution in [0, 0.1) is 0 Å². The average Bonchev–Trinajstić information content (AvgIpc) is 3.46. The average molecular weight is 439 g/mol. The van der Waals surface area contributed by atoms with Crippen LogP contribution in [0.3, 0.4) is 0 Å². The summed E-state index contributed by atoms with van der Waals surface area (Å²) < 4.78 is 1.62. The fourth-order valence-electron chi connectivity index (χ4n) is 3.76. The largest absolute Gasteiger partial charge is 0.349 e. The summed E-state index contributed by atoms with van der Waals surface area (Å²) in [7, 11) is 1.79. The summed E-state index contributed by atoms with van der Waals surface area (Å²) in [6.07, 6.45) is 6.66. The van der Waals surface area contributed by atoms with Crippen LogP contribution in [-0.4, -0.2) is 57.2 Å². The molecule has 4 rings (SSSR count). The van der Waals surface area contributed by atoms with E-state index in [0.29, 0.717) is 12.1 Å². The smallest absolute Gasteiger partial charge is 0.254 e. The Balaban J connectivity index is 1.28. The number of thiazole rings is 1. The molecule has 3 heterocycles. The third-order valence-corrected chi connectivity index (χ3v) is 6.23. The predicted octanol–water partition coefficient (Wildman–Crippen LogP) is 1.98. The fourth-order valence-corrected chi connectivity index (χ4v) is 4.48. The Morgan fingerprint density at radius 3 is 2.65 bits per heavy atom. The third kappa shape index (κ3) is 5.56. The molecule has 1 aliphatic heterocycles.